The minimum Gasteiger partial charge on any atom is -0.325 e. The Kier molecular flexibility index (Phi) is 4.86. The van der Waals surface area contributed by atoms with Gasteiger partial charge < -0.3 is 10.6 Å². The molecule has 1 unspecified atom stereocenters. The van der Waals surface area contributed by atoms with Crippen LogP contribution in [0.3, 0.4) is 0 Å². The zero-order valence-electron chi connectivity index (χ0n) is 12.4. The summed E-state index contributed by atoms with van der Waals surface area (Å²) in [5.74, 6) is 0.496. The summed E-state index contributed by atoms with van der Waals surface area (Å²) in [7, 11) is 0. The van der Waals surface area contributed by atoms with Crippen molar-refractivity contribution in [2.45, 2.75) is 33.6 Å². The summed E-state index contributed by atoms with van der Waals surface area (Å²) < 4.78 is 1.02. The third-order valence-electron chi connectivity index (χ3n) is 4.42. The molecule has 0 bridgehead atoms. The van der Waals surface area contributed by atoms with Crippen molar-refractivity contribution >= 4 is 27.5 Å². The molecule has 0 radical (unpaired) electrons. The lowest BCUT2D eigenvalue weighted by atomic mass is 9.74. The first-order valence-electron chi connectivity index (χ1n) is 7.20. The SMILES string of the molecule is Cc1c(Br)cccc1NC(=O)C(C)(C)C1CCCNC1. The Morgan fingerprint density at radius 2 is 2.20 bits per heavy atom. The van der Waals surface area contributed by atoms with Crippen molar-refractivity contribution in [2.75, 3.05) is 18.4 Å². The van der Waals surface area contributed by atoms with Gasteiger partial charge in [0.25, 0.3) is 0 Å². The summed E-state index contributed by atoms with van der Waals surface area (Å²) in [5.41, 5.74) is 1.60. The number of nitrogens with one attached hydrogen (secondary N) is 2. The average Bonchev–Trinajstić information content (AvgIpc) is 2.44. The van der Waals surface area contributed by atoms with Crippen molar-refractivity contribution in [3.05, 3.63) is 28.2 Å². The third-order valence-corrected chi connectivity index (χ3v) is 5.28. The molecule has 1 aromatic rings. The van der Waals surface area contributed by atoms with Gasteiger partial charge in [-0.05, 0) is 56.5 Å². The highest BCUT2D eigenvalue weighted by Crippen LogP contribution is 2.34. The summed E-state index contributed by atoms with van der Waals surface area (Å²) in [6, 6.07) is 5.89. The number of carbonyl (C=O) groups is 1. The number of rotatable bonds is 3. The highest BCUT2D eigenvalue weighted by atomic mass is 79.9. The van der Waals surface area contributed by atoms with Crippen LogP contribution in [0, 0.1) is 18.3 Å². The van der Waals surface area contributed by atoms with Gasteiger partial charge in [-0.1, -0.05) is 35.8 Å². The minimum atomic E-state index is -0.359. The normalized spacial score (nSPS) is 19.7. The van der Waals surface area contributed by atoms with E-state index in [9.17, 15) is 4.79 Å². The lowest BCUT2D eigenvalue weighted by molar-refractivity contribution is -0.127. The van der Waals surface area contributed by atoms with Crippen molar-refractivity contribution in [2.24, 2.45) is 11.3 Å². The van der Waals surface area contributed by atoms with Crippen LogP contribution in [0.15, 0.2) is 22.7 Å². The molecule has 1 heterocycles. The van der Waals surface area contributed by atoms with Gasteiger partial charge in [0.05, 0.1) is 0 Å². The fourth-order valence-corrected chi connectivity index (χ4v) is 3.05. The Hall–Kier alpha value is -0.870. The lowest BCUT2D eigenvalue weighted by Gasteiger charge is -2.36. The van der Waals surface area contributed by atoms with Crippen molar-refractivity contribution in [3.8, 4) is 0 Å². The molecule has 4 heteroatoms. The van der Waals surface area contributed by atoms with E-state index >= 15 is 0 Å². The summed E-state index contributed by atoms with van der Waals surface area (Å²) in [5, 5.41) is 6.48. The van der Waals surface area contributed by atoms with Crippen molar-refractivity contribution < 1.29 is 4.79 Å². The predicted octanol–water partition coefficient (Wildman–Crippen LogP) is 3.72. The molecular formula is C16H23BrN2O. The maximum absolute atomic E-state index is 12.6. The van der Waals surface area contributed by atoms with Crippen LogP contribution in [0.2, 0.25) is 0 Å². The molecule has 1 amide bonds. The van der Waals surface area contributed by atoms with Gasteiger partial charge in [0, 0.05) is 15.6 Å². The van der Waals surface area contributed by atoms with Crippen molar-refractivity contribution in [1.82, 2.24) is 5.32 Å². The first kappa shape index (κ1) is 15.5. The molecule has 20 heavy (non-hydrogen) atoms. The molecule has 0 saturated carbocycles. The van der Waals surface area contributed by atoms with Crippen LogP contribution in [-0.2, 0) is 4.79 Å². The number of piperidine rings is 1. The zero-order valence-corrected chi connectivity index (χ0v) is 14.0. The second-order valence-electron chi connectivity index (χ2n) is 6.13. The number of benzene rings is 1. The standard InChI is InChI=1S/C16H23BrN2O/c1-11-13(17)7-4-8-14(11)19-15(20)16(2,3)12-6-5-9-18-10-12/h4,7-8,12,18H,5-6,9-10H2,1-3H3,(H,19,20). The predicted molar refractivity (Wildman–Crippen MR) is 86.9 cm³/mol. The number of hydrogen-bond acceptors (Lipinski definition) is 2. The van der Waals surface area contributed by atoms with Gasteiger partial charge in [0.2, 0.25) is 5.91 Å². The Balaban J connectivity index is 2.12. The van der Waals surface area contributed by atoms with E-state index in [1.54, 1.807) is 0 Å². The second kappa shape index (κ2) is 6.27. The van der Waals surface area contributed by atoms with Crippen LogP contribution >= 0.6 is 15.9 Å². The van der Waals surface area contributed by atoms with E-state index in [0.717, 1.165) is 41.7 Å². The maximum Gasteiger partial charge on any atom is 0.230 e. The largest absolute Gasteiger partial charge is 0.325 e. The molecule has 1 aliphatic heterocycles. The van der Waals surface area contributed by atoms with E-state index in [1.807, 2.05) is 39.0 Å². The Morgan fingerprint density at radius 3 is 2.85 bits per heavy atom. The molecule has 0 aliphatic carbocycles. The Labute approximate surface area is 129 Å². The number of hydrogen-bond donors (Lipinski definition) is 2. The highest BCUT2D eigenvalue weighted by Gasteiger charge is 2.37. The lowest BCUT2D eigenvalue weighted by Crippen LogP contribution is -2.44. The van der Waals surface area contributed by atoms with Gasteiger partial charge in [-0.25, -0.2) is 0 Å². The molecule has 0 aromatic heterocycles. The quantitative estimate of drug-likeness (QED) is 0.881. The van der Waals surface area contributed by atoms with Crippen LogP contribution < -0.4 is 10.6 Å². The van der Waals surface area contributed by atoms with Gasteiger partial charge in [-0.3, -0.25) is 4.79 Å². The molecule has 1 saturated heterocycles. The maximum atomic E-state index is 12.6. The molecule has 1 aromatic carbocycles. The van der Waals surface area contributed by atoms with Gasteiger partial charge in [-0.2, -0.15) is 0 Å². The molecule has 2 rings (SSSR count). The van der Waals surface area contributed by atoms with Crippen LogP contribution in [0.1, 0.15) is 32.3 Å². The monoisotopic (exact) mass is 338 g/mol. The molecule has 3 nitrogen and oxygen atoms in total. The van der Waals surface area contributed by atoms with Gasteiger partial charge in [0.1, 0.15) is 0 Å². The fraction of sp³-hybridized carbons (Fsp3) is 0.562. The second-order valence-corrected chi connectivity index (χ2v) is 6.99. The number of halogens is 1. The zero-order chi connectivity index (χ0) is 14.8. The van der Waals surface area contributed by atoms with Crippen LogP contribution in [0.5, 0.6) is 0 Å². The third kappa shape index (κ3) is 3.23. The van der Waals surface area contributed by atoms with Crippen molar-refractivity contribution in [3.63, 3.8) is 0 Å². The highest BCUT2D eigenvalue weighted by molar-refractivity contribution is 9.10. The molecule has 1 atom stereocenters. The summed E-state index contributed by atoms with van der Waals surface area (Å²) in [6.45, 7) is 8.10. The van der Waals surface area contributed by atoms with E-state index in [0.29, 0.717) is 5.92 Å². The van der Waals surface area contributed by atoms with E-state index < -0.39 is 0 Å². The first-order chi connectivity index (χ1) is 9.43. The molecule has 2 N–H and O–H groups in total. The number of amides is 1. The molecule has 1 aliphatic rings. The van der Waals surface area contributed by atoms with Gasteiger partial charge >= 0.3 is 0 Å². The van der Waals surface area contributed by atoms with Crippen LogP contribution in [0.4, 0.5) is 5.69 Å². The summed E-state index contributed by atoms with van der Waals surface area (Å²) >= 11 is 3.50. The Morgan fingerprint density at radius 1 is 1.45 bits per heavy atom. The topological polar surface area (TPSA) is 41.1 Å². The molecule has 110 valence electrons. The minimum absolute atomic E-state index is 0.104. The summed E-state index contributed by atoms with van der Waals surface area (Å²) in [6.07, 6.45) is 2.27. The van der Waals surface area contributed by atoms with E-state index in [1.165, 1.54) is 0 Å². The van der Waals surface area contributed by atoms with E-state index in [2.05, 4.69) is 26.6 Å². The van der Waals surface area contributed by atoms with E-state index in [4.69, 9.17) is 0 Å². The smallest absolute Gasteiger partial charge is 0.230 e. The van der Waals surface area contributed by atoms with E-state index in [-0.39, 0.29) is 11.3 Å². The van der Waals surface area contributed by atoms with Gasteiger partial charge in [-0.15, -0.1) is 0 Å². The van der Waals surface area contributed by atoms with Crippen molar-refractivity contribution in [1.29, 1.82) is 0 Å². The number of carbonyl (C=O) groups excluding carboxylic acids is 1. The fourth-order valence-electron chi connectivity index (χ4n) is 2.68. The van der Waals surface area contributed by atoms with Gasteiger partial charge in [0.15, 0.2) is 0 Å². The van der Waals surface area contributed by atoms with Crippen LogP contribution in [-0.4, -0.2) is 19.0 Å². The molecular weight excluding hydrogens is 316 g/mol. The molecule has 1 fully saturated rings. The average molecular weight is 339 g/mol. The molecule has 0 spiro atoms. The van der Waals surface area contributed by atoms with Crippen LogP contribution in [0.25, 0.3) is 0 Å². The Bertz CT molecular complexity index is 493. The number of anilines is 1. The first-order valence-corrected chi connectivity index (χ1v) is 7.99. The summed E-state index contributed by atoms with van der Waals surface area (Å²) in [4.78, 5) is 12.6.